The largest absolute Gasteiger partial charge is 0.469 e. The van der Waals surface area contributed by atoms with Gasteiger partial charge < -0.3 is 10.1 Å². The van der Waals surface area contributed by atoms with Crippen molar-refractivity contribution in [2.75, 3.05) is 11.3 Å². The molecule has 0 aliphatic carbocycles. The SMILES string of the molecule is Cc1cccc(C)c1-c1cc2nc(n1)NS(=O)(=O)c1cccc(c1)C(=O)NCCC(c1ccc(C(C)(C)C)cc1)O2. The van der Waals surface area contributed by atoms with Crippen LogP contribution in [-0.4, -0.2) is 30.8 Å². The summed E-state index contributed by atoms with van der Waals surface area (Å²) in [7, 11) is -4.11. The Morgan fingerprint density at radius 3 is 2.27 bits per heavy atom. The van der Waals surface area contributed by atoms with Gasteiger partial charge in [-0.05, 0) is 59.7 Å². The lowest BCUT2D eigenvalue weighted by Gasteiger charge is -2.23. The highest BCUT2D eigenvalue weighted by Gasteiger charge is 2.23. The smallest absolute Gasteiger partial charge is 0.264 e. The molecule has 1 amide bonds. The van der Waals surface area contributed by atoms with E-state index in [1.165, 1.54) is 23.8 Å². The number of benzene rings is 3. The topological polar surface area (TPSA) is 110 Å². The average molecular weight is 571 g/mol. The van der Waals surface area contributed by atoms with E-state index in [-0.39, 0.29) is 33.6 Å². The molecule has 3 aromatic carbocycles. The number of aromatic nitrogens is 2. The fourth-order valence-corrected chi connectivity index (χ4v) is 5.91. The Morgan fingerprint density at radius 2 is 1.59 bits per heavy atom. The molecule has 0 saturated heterocycles. The van der Waals surface area contributed by atoms with Gasteiger partial charge in [0.2, 0.25) is 11.8 Å². The molecule has 2 N–H and O–H groups in total. The summed E-state index contributed by atoms with van der Waals surface area (Å²) in [6.07, 6.45) is -0.00635. The first-order chi connectivity index (χ1) is 19.4. The van der Waals surface area contributed by atoms with E-state index >= 15 is 0 Å². The second kappa shape index (κ2) is 11.0. The number of nitrogens with one attached hydrogen (secondary N) is 2. The zero-order valence-electron chi connectivity index (χ0n) is 23.9. The van der Waals surface area contributed by atoms with Crippen LogP contribution < -0.4 is 14.8 Å². The quantitative estimate of drug-likeness (QED) is 0.301. The Morgan fingerprint density at radius 1 is 0.902 bits per heavy atom. The Hall–Kier alpha value is -4.24. The molecule has 5 rings (SSSR count). The number of aryl methyl sites for hydroxylation is 2. The minimum atomic E-state index is -4.11. The van der Waals surface area contributed by atoms with Crippen LogP contribution in [-0.2, 0) is 15.4 Å². The maximum Gasteiger partial charge on any atom is 0.264 e. The van der Waals surface area contributed by atoms with Gasteiger partial charge in [-0.25, -0.2) is 18.1 Å². The van der Waals surface area contributed by atoms with Crippen LogP contribution in [0.2, 0.25) is 0 Å². The van der Waals surface area contributed by atoms with Crippen molar-refractivity contribution >= 4 is 21.9 Å². The van der Waals surface area contributed by atoms with Crippen LogP contribution in [0.15, 0.2) is 77.7 Å². The van der Waals surface area contributed by atoms with Crippen molar-refractivity contribution in [3.05, 3.63) is 101 Å². The molecular formula is C32H34N4O4S. The summed E-state index contributed by atoms with van der Waals surface area (Å²) in [6, 6.07) is 21.8. The van der Waals surface area contributed by atoms with E-state index in [1.807, 2.05) is 44.2 Å². The lowest BCUT2D eigenvalue weighted by molar-refractivity contribution is 0.0945. The molecule has 8 nitrogen and oxygen atoms in total. The van der Waals surface area contributed by atoms with Gasteiger partial charge in [-0.1, -0.05) is 69.3 Å². The Kier molecular flexibility index (Phi) is 7.57. The number of anilines is 1. The van der Waals surface area contributed by atoms with Crippen LogP contribution in [0.3, 0.4) is 0 Å². The standard InChI is InChI=1S/C32H34N4O4S/c1-20-8-6-9-21(2)29(20)26-19-28-35-31(34-26)36-41(38,39)25-11-7-10-23(18-25)30(37)33-17-16-27(40-28)22-12-14-24(15-13-22)32(3,4)5/h6-15,18-19,27H,16-17H2,1-5H3,(H,33,37)(H,34,35,36). The maximum atomic E-state index is 13.4. The fraction of sp³-hybridized carbons (Fsp3) is 0.281. The van der Waals surface area contributed by atoms with Gasteiger partial charge in [-0.3, -0.25) is 4.79 Å². The summed E-state index contributed by atoms with van der Waals surface area (Å²) in [4.78, 5) is 21.9. The van der Waals surface area contributed by atoms with Crippen molar-refractivity contribution in [2.45, 2.75) is 57.5 Å². The second-order valence-corrected chi connectivity index (χ2v) is 13.0. The van der Waals surface area contributed by atoms with Crippen LogP contribution in [0.5, 0.6) is 5.88 Å². The molecule has 0 radical (unpaired) electrons. The van der Waals surface area contributed by atoms with Gasteiger partial charge in [0.1, 0.15) is 6.10 Å². The summed E-state index contributed by atoms with van der Waals surface area (Å²) < 4.78 is 35.7. The number of amides is 1. The normalized spacial score (nSPS) is 17.0. The first kappa shape index (κ1) is 28.3. The van der Waals surface area contributed by atoms with Gasteiger partial charge in [0.15, 0.2) is 0 Å². The van der Waals surface area contributed by atoms with Crippen molar-refractivity contribution in [3.8, 4) is 17.1 Å². The first-order valence-corrected chi connectivity index (χ1v) is 15.0. The lowest BCUT2D eigenvalue weighted by atomic mass is 9.86. The van der Waals surface area contributed by atoms with Gasteiger partial charge in [0.25, 0.3) is 15.9 Å². The molecule has 4 aromatic rings. The molecule has 0 spiro atoms. The number of carbonyl (C=O) groups is 1. The summed E-state index contributed by atoms with van der Waals surface area (Å²) in [5.41, 5.74) is 5.72. The third-order valence-corrected chi connectivity index (χ3v) is 8.50. The third kappa shape index (κ3) is 6.25. The maximum absolute atomic E-state index is 13.4. The zero-order chi connectivity index (χ0) is 29.4. The van der Waals surface area contributed by atoms with Crippen LogP contribution >= 0.6 is 0 Å². The fourth-order valence-electron chi connectivity index (χ4n) is 4.92. The summed E-state index contributed by atoms with van der Waals surface area (Å²) in [5, 5.41) is 2.90. The van der Waals surface area contributed by atoms with E-state index in [4.69, 9.17) is 4.74 Å². The predicted molar refractivity (Wildman–Crippen MR) is 160 cm³/mol. The van der Waals surface area contributed by atoms with Crippen LogP contribution in [0.1, 0.15) is 65.9 Å². The average Bonchev–Trinajstić information content (AvgIpc) is 2.91. The Bertz CT molecular complexity index is 1690. The van der Waals surface area contributed by atoms with E-state index < -0.39 is 16.1 Å². The van der Waals surface area contributed by atoms with Gasteiger partial charge in [-0.15, -0.1) is 0 Å². The highest BCUT2D eigenvalue weighted by Crippen LogP contribution is 2.33. The van der Waals surface area contributed by atoms with Crippen molar-refractivity contribution < 1.29 is 17.9 Å². The summed E-state index contributed by atoms with van der Waals surface area (Å²) >= 11 is 0. The monoisotopic (exact) mass is 570 g/mol. The lowest BCUT2D eigenvalue weighted by Crippen LogP contribution is -2.27. The van der Waals surface area contributed by atoms with Gasteiger partial charge in [0, 0.05) is 30.2 Å². The third-order valence-electron chi connectivity index (χ3n) is 7.18. The number of nitrogens with zero attached hydrogens (tertiary/aromatic N) is 2. The highest BCUT2D eigenvalue weighted by molar-refractivity contribution is 7.92. The minimum absolute atomic E-state index is 0.00974. The second-order valence-electron chi connectivity index (χ2n) is 11.3. The van der Waals surface area contributed by atoms with Crippen LogP contribution in [0.25, 0.3) is 11.3 Å². The van der Waals surface area contributed by atoms with E-state index in [9.17, 15) is 13.2 Å². The summed E-state index contributed by atoms with van der Waals surface area (Å²) in [5.74, 6) is -0.265. The molecule has 1 aliphatic heterocycles. The van der Waals surface area contributed by atoms with E-state index in [1.54, 1.807) is 12.1 Å². The molecule has 1 aliphatic rings. The molecule has 0 fully saturated rings. The summed E-state index contributed by atoms with van der Waals surface area (Å²) in [6.45, 7) is 10.7. The van der Waals surface area contributed by atoms with E-state index in [0.717, 1.165) is 22.3 Å². The number of hydrogen-bond acceptors (Lipinski definition) is 6. The van der Waals surface area contributed by atoms with E-state index in [0.29, 0.717) is 18.7 Å². The van der Waals surface area contributed by atoms with Crippen molar-refractivity contribution in [1.82, 2.24) is 15.3 Å². The molecular weight excluding hydrogens is 536 g/mol. The molecule has 4 bridgehead atoms. The molecule has 9 heteroatoms. The molecule has 212 valence electrons. The minimum Gasteiger partial charge on any atom is -0.469 e. The molecule has 1 unspecified atom stereocenters. The number of fused-ring (bicyclic) bond motifs is 4. The Labute approximate surface area is 241 Å². The molecule has 41 heavy (non-hydrogen) atoms. The number of sulfonamides is 1. The van der Waals surface area contributed by atoms with Crippen molar-refractivity contribution in [1.29, 1.82) is 0 Å². The van der Waals surface area contributed by atoms with Crippen molar-refractivity contribution in [2.24, 2.45) is 0 Å². The molecule has 1 atom stereocenters. The Balaban J connectivity index is 1.64. The zero-order valence-corrected chi connectivity index (χ0v) is 24.7. The predicted octanol–water partition coefficient (Wildman–Crippen LogP) is 6.11. The molecule has 0 saturated carbocycles. The van der Waals surface area contributed by atoms with Crippen LogP contribution in [0.4, 0.5) is 5.95 Å². The van der Waals surface area contributed by atoms with Gasteiger partial charge in [-0.2, -0.15) is 4.98 Å². The first-order valence-electron chi connectivity index (χ1n) is 13.5. The van der Waals surface area contributed by atoms with Gasteiger partial charge >= 0.3 is 0 Å². The number of hydrogen-bond donors (Lipinski definition) is 2. The highest BCUT2D eigenvalue weighted by atomic mass is 32.2. The van der Waals surface area contributed by atoms with Gasteiger partial charge in [0.05, 0.1) is 10.6 Å². The number of rotatable bonds is 2. The molecule has 2 heterocycles. The van der Waals surface area contributed by atoms with E-state index in [2.05, 4.69) is 52.9 Å². The number of ether oxygens (including phenoxy) is 1. The van der Waals surface area contributed by atoms with Crippen molar-refractivity contribution in [3.63, 3.8) is 0 Å². The number of carbonyl (C=O) groups excluding carboxylic acids is 1. The molecule has 1 aromatic heterocycles. The van der Waals surface area contributed by atoms with Crippen LogP contribution in [0, 0.1) is 13.8 Å².